The molecule has 4 rings (SSSR count). The van der Waals surface area contributed by atoms with Crippen molar-refractivity contribution >= 4 is 22.7 Å². The van der Waals surface area contributed by atoms with Gasteiger partial charge in [-0.15, -0.1) is 0 Å². The van der Waals surface area contributed by atoms with Crippen LogP contribution in [0.4, 0.5) is 4.39 Å². The van der Waals surface area contributed by atoms with Crippen molar-refractivity contribution < 1.29 is 19.1 Å². The van der Waals surface area contributed by atoms with Crippen molar-refractivity contribution in [2.75, 3.05) is 13.6 Å². The second-order valence-corrected chi connectivity index (χ2v) is 6.78. The van der Waals surface area contributed by atoms with Crippen molar-refractivity contribution in [3.63, 3.8) is 0 Å². The fraction of sp³-hybridized carbons (Fsp3) is 0.200. The van der Waals surface area contributed by atoms with Crippen LogP contribution in [0.25, 0.3) is 16.7 Å². The molecule has 0 unspecified atom stereocenters. The van der Waals surface area contributed by atoms with E-state index in [2.05, 4.69) is 21.9 Å². The minimum absolute atomic E-state index is 0.00723. The summed E-state index contributed by atoms with van der Waals surface area (Å²) in [4.78, 5) is 29.4. The molecule has 29 heavy (non-hydrogen) atoms. The van der Waals surface area contributed by atoms with Gasteiger partial charge in [0, 0.05) is 43.2 Å². The molecule has 3 heterocycles. The third-order valence-electron chi connectivity index (χ3n) is 4.76. The number of carbonyl (C=O) groups is 2. The van der Waals surface area contributed by atoms with Crippen LogP contribution in [-0.4, -0.2) is 55.8 Å². The van der Waals surface area contributed by atoms with Crippen LogP contribution in [-0.2, 0) is 4.79 Å². The SMILES string of the molecule is CN1CC[C@@](O)(C#Cc2ccnc(-n3nc(C(N)=O)c4ccc(F)cc43)c2)C1=O. The number of rotatable bonds is 2. The monoisotopic (exact) mass is 393 g/mol. The first-order valence-corrected chi connectivity index (χ1v) is 8.74. The predicted molar refractivity (Wildman–Crippen MR) is 101 cm³/mol. The molecule has 1 saturated heterocycles. The normalized spacial score (nSPS) is 18.7. The van der Waals surface area contributed by atoms with Crippen LogP contribution < -0.4 is 5.73 Å². The molecule has 0 saturated carbocycles. The zero-order chi connectivity index (χ0) is 20.8. The van der Waals surface area contributed by atoms with E-state index in [1.54, 1.807) is 19.2 Å². The van der Waals surface area contributed by atoms with Gasteiger partial charge in [0.2, 0.25) is 5.60 Å². The molecule has 2 aromatic heterocycles. The van der Waals surface area contributed by atoms with Crippen molar-refractivity contribution in [1.29, 1.82) is 0 Å². The highest BCUT2D eigenvalue weighted by Crippen LogP contribution is 2.23. The van der Waals surface area contributed by atoms with E-state index in [0.29, 0.717) is 23.0 Å². The third-order valence-corrected chi connectivity index (χ3v) is 4.76. The van der Waals surface area contributed by atoms with Crippen LogP contribution in [0.3, 0.4) is 0 Å². The highest BCUT2D eigenvalue weighted by Gasteiger charge is 2.42. The molecule has 9 heteroatoms. The van der Waals surface area contributed by atoms with Crippen LogP contribution in [0.1, 0.15) is 22.5 Å². The summed E-state index contributed by atoms with van der Waals surface area (Å²) in [6.45, 7) is 0.423. The summed E-state index contributed by atoms with van der Waals surface area (Å²) in [6, 6.07) is 7.03. The van der Waals surface area contributed by atoms with Crippen LogP contribution >= 0.6 is 0 Å². The van der Waals surface area contributed by atoms with E-state index in [-0.39, 0.29) is 17.9 Å². The van der Waals surface area contributed by atoms with Gasteiger partial charge in [0.15, 0.2) is 11.5 Å². The lowest BCUT2D eigenvalue weighted by atomic mass is 10.0. The number of nitrogens with zero attached hydrogens (tertiary/aromatic N) is 4. The Balaban J connectivity index is 1.78. The first-order valence-electron chi connectivity index (χ1n) is 8.74. The van der Waals surface area contributed by atoms with E-state index in [1.165, 1.54) is 34.0 Å². The Bertz CT molecular complexity index is 1230. The standard InChI is InChI=1S/C20H16FN5O3/c1-25-9-7-20(29,19(25)28)6-4-12-5-8-23-16(10-12)26-15-11-13(21)2-3-14(15)17(24-26)18(22)27/h2-3,5,8,10-11,29H,7,9H2,1H3,(H2,22,27)/t20-/m0/s1. The number of likely N-dealkylation sites (tertiary alicyclic amines) is 1. The number of hydrogen-bond donors (Lipinski definition) is 2. The molecule has 0 aliphatic carbocycles. The van der Waals surface area contributed by atoms with Crippen molar-refractivity contribution in [2.24, 2.45) is 5.73 Å². The third kappa shape index (κ3) is 3.19. The van der Waals surface area contributed by atoms with Crippen LogP contribution in [0.5, 0.6) is 0 Å². The molecule has 3 aromatic rings. The molecule has 3 N–H and O–H groups in total. The van der Waals surface area contributed by atoms with Gasteiger partial charge in [0.25, 0.3) is 11.8 Å². The minimum Gasteiger partial charge on any atom is -0.369 e. The number of nitrogens with two attached hydrogens (primary N) is 1. The van der Waals surface area contributed by atoms with Gasteiger partial charge in [0.05, 0.1) is 5.52 Å². The van der Waals surface area contributed by atoms with E-state index >= 15 is 0 Å². The summed E-state index contributed by atoms with van der Waals surface area (Å²) in [5, 5.41) is 15.0. The van der Waals surface area contributed by atoms with Crippen molar-refractivity contribution in [3.05, 3.63) is 53.6 Å². The number of amides is 2. The molecule has 1 aromatic carbocycles. The van der Waals surface area contributed by atoms with Gasteiger partial charge in [-0.1, -0.05) is 11.8 Å². The maximum absolute atomic E-state index is 13.8. The number of carbonyl (C=O) groups excluding carboxylic acids is 2. The second kappa shape index (κ2) is 6.68. The molecule has 2 amide bonds. The lowest BCUT2D eigenvalue weighted by Crippen LogP contribution is -2.37. The predicted octanol–water partition coefficient (Wildman–Crippen LogP) is 0.603. The summed E-state index contributed by atoms with van der Waals surface area (Å²) in [7, 11) is 1.60. The number of likely N-dealkylation sites (N-methyl/N-ethyl adjacent to an activating group) is 1. The topological polar surface area (TPSA) is 114 Å². The van der Waals surface area contributed by atoms with Gasteiger partial charge in [-0.3, -0.25) is 9.59 Å². The number of aromatic nitrogens is 3. The average Bonchev–Trinajstić information content (AvgIpc) is 3.20. The first-order chi connectivity index (χ1) is 13.8. The van der Waals surface area contributed by atoms with E-state index < -0.39 is 23.2 Å². The molecular weight excluding hydrogens is 377 g/mol. The molecule has 8 nitrogen and oxygen atoms in total. The summed E-state index contributed by atoms with van der Waals surface area (Å²) < 4.78 is 15.1. The highest BCUT2D eigenvalue weighted by atomic mass is 19.1. The van der Waals surface area contributed by atoms with E-state index in [4.69, 9.17) is 5.73 Å². The van der Waals surface area contributed by atoms with Crippen molar-refractivity contribution in [2.45, 2.75) is 12.0 Å². The molecule has 146 valence electrons. The van der Waals surface area contributed by atoms with Crippen LogP contribution in [0.2, 0.25) is 0 Å². The largest absolute Gasteiger partial charge is 0.369 e. The fourth-order valence-electron chi connectivity index (χ4n) is 3.20. The molecule has 1 aliphatic heterocycles. The fourth-order valence-corrected chi connectivity index (χ4v) is 3.20. The Morgan fingerprint density at radius 2 is 2.14 bits per heavy atom. The summed E-state index contributed by atoms with van der Waals surface area (Å²) >= 11 is 0. The molecule has 0 spiro atoms. The summed E-state index contributed by atoms with van der Waals surface area (Å²) in [5.41, 5.74) is 4.44. The Morgan fingerprint density at radius 3 is 2.83 bits per heavy atom. The van der Waals surface area contributed by atoms with Gasteiger partial charge >= 0.3 is 0 Å². The van der Waals surface area contributed by atoms with E-state index in [9.17, 15) is 19.1 Å². The molecule has 0 radical (unpaired) electrons. The summed E-state index contributed by atoms with van der Waals surface area (Å²) in [6.07, 6.45) is 1.68. The lowest BCUT2D eigenvalue weighted by Gasteiger charge is -2.13. The zero-order valence-electron chi connectivity index (χ0n) is 15.4. The first kappa shape index (κ1) is 18.6. The average molecular weight is 393 g/mol. The highest BCUT2D eigenvalue weighted by molar-refractivity contribution is 6.04. The van der Waals surface area contributed by atoms with E-state index in [1.807, 2.05) is 0 Å². The maximum Gasteiger partial charge on any atom is 0.269 e. The Labute approximate surface area is 164 Å². The Morgan fingerprint density at radius 1 is 1.34 bits per heavy atom. The Hall–Kier alpha value is -3.77. The zero-order valence-corrected chi connectivity index (χ0v) is 15.4. The number of aliphatic hydroxyl groups is 1. The number of primary amides is 1. The minimum atomic E-state index is -1.72. The molecular formula is C20H16FN5O3. The molecule has 0 bridgehead atoms. The Kier molecular flexibility index (Phi) is 4.28. The summed E-state index contributed by atoms with van der Waals surface area (Å²) in [5.74, 6) is 3.99. The number of pyridine rings is 1. The number of hydrogen-bond acceptors (Lipinski definition) is 5. The van der Waals surface area contributed by atoms with Crippen molar-refractivity contribution in [1.82, 2.24) is 19.7 Å². The van der Waals surface area contributed by atoms with Gasteiger partial charge in [-0.25, -0.2) is 14.1 Å². The van der Waals surface area contributed by atoms with Gasteiger partial charge in [-0.2, -0.15) is 5.10 Å². The molecule has 1 fully saturated rings. The smallest absolute Gasteiger partial charge is 0.269 e. The maximum atomic E-state index is 13.8. The van der Waals surface area contributed by atoms with Crippen molar-refractivity contribution in [3.8, 4) is 17.7 Å². The number of fused-ring (bicyclic) bond motifs is 1. The van der Waals surface area contributed by atoms with Crippen LogP contribution in [0, 0.1) is 17.7 Å². The van der Waals surface area contributed by atoms with Gasteiger partial charge < -0.3 is 15.7 Å². The second-order valence-electron chi connectivity index (χ2n) is 6.78. The quantitative estimate of drug-likeness (QED) is 0.619. The van der Waals surface area contributed by atoms with Gasteiger partial charge in [-0.05, 0) is 24.3 Å². The molecule has 1 atom stereocenters. The van der Waals surface area contributed by atoms with Crippen LogP contribution in [0.15, 0.2) is 36.5 Å². The number of benzene rings is 1. The van der Waals surface area contributed by atoms with Gasteiger partial charge in [0.1, 0.15) is 5.82 Å². The lowest BCUT2D eigenvalue weighted by molar-refractivity contribution is -0.137. The van der Waals surface area contributed by atoms with E-state index in [0.717, 1.165) is 0 Å². The number of halogens is 1. The molecule has 1 aliphatic rings.